The van der Waals surface area contributed by atoms with E-state index < -0.39 is 5.97 Å². The van der Waals surface area contributed by atoms with Crippen molar-refractivity contribution in [2.75, 3.05) is 20.1 Å². The number of nitrogens with zero attached hydrogens (tertiary/aromatic N) is 1. The molecule has 0 aliphatic heterocycles. The molecule has 0 saturated carbocycles. The highest BCUT2D eigenvalue weighted by molar-refractivity contribution is 5.66. The SMILES string of the molecule is CCCCCCCCCN(C)CCCCCC(=O)O. The third-order valence-electron chi connectivity index (χ3n) is 3.57. The molecule has 0 aliphatic rings. The maximum Gasteiger partial charge on any atom is 0.303 e. The Morgan fingerprint density at radius 3 is 1.84 bits per heavy atom. The van der Waals surface area contributed by atoms with Crippen molar-refractivity contribution in [2.24, 2.45) is 0 Å². The molecule has 0 amide bonds. The number of carbonyl (C=O) groups is 1. The Bertz CT molecular complexity index is 207. The predicted molar refractivity (Wildman–Crippen MR) is 81.6 cm³/mol. The lowest BCUT2D eigenvalue weighted by Gasteiger charge is -2.16. The maximum atomic E-state index is 10.4. The monoisotopic (exact) mass is 271 g/mol. The Labute approximate surface area is 119 Å². The van der Waals surface area contributed by atoms with Crippen LogP contribution in [-0.2, 0) is 4.79 Å². The predicted octanol–water partition coefficient (Wildman–Crippen LogP) is 4.31. The Kier molecular flexibility index (Phi) is 13.4. The van der Waals surface area contributed by atoms with E-state index in [1.807, 2.05) is 0 Å². The van der Waals surface area contributed by atoms with E-state index in [2.05, 4.69) is 18.9 Å². The number of hydrogen-bond acceptors (Lipinski definition) is 2. The molecule has 19 heavy (non-hydrogen) atoms. The largest absolute Gasteiger partial charge is 0.481 e. The Balaban J connectivity index is 3.16. The van der Waals surface area contributed by atoms with Crippen molar-refractivity contribution in [3.05, 3.63) is 0 Å². The highest BCUT2D eigenvalue weighted by Gasteiger charge is 2.00. The van der Waals surface area contributed by atoms with Gasteiger partial charge in [0.25, 0.3) is 0 Å². The number of carboxylic acids is 1. The molecule has 1 N–H and O–H groups in total. The van der Waals surface area contributed by atoms with Crippen LogP contribution in [0.4, 0.5) is 0 Å². The van der Waals surface area contributed by atoms with E-state index in [-0.39, 0.29) is 0 Å². The van der Waals surface area contributed by atoms with E-state index in [0.717, 1.165) is 25.8 Å². The van der Waals surface area contributed by atoms with E-state index >= 15 is 0 Å². The number of unbranched alkanes of at least 4 members (excludes halogenated alkanes) is 8. The average molecular weight is 271 g/mol. The van der Waals surface area contributed by atoms with E-state index in [4.69, 9.17) is 5.11 Å². The Morgan fingerprint density at radius 1 is 0.842 bits per heavy atom. The van der Waals surface area contributed by atoms with Crippen LogP contribution in [0.5, 0.6) is 0 Å². The van der Waals surface area contributed by atoms with Gasteiger partial charge < -0.3 is 10.0 Å². The number of hydrogen-bond donors (Lipinski definition) is 1. The fourth-order valence-corrected chi connectivity index (χ4v) is 2.29. The van der Waals surface area contributed by atoms with Crippen LogP contribution in [0.15, 0.2) is 0 Å². The summed E-state index contributed by atoms with van der Waals surface area (Å²) in [6.07, 6.45) is 12.8. The Hall–Kier alpha value is -0.570. The van der Waals surface area contributed by atoms with Gasteiger partial charge in [-0.25, -0.2) is 0 Å². The topological polar surface area (TPSA) is 40.5 Å². The molecule has 0 bridgehead atoms. The van der Waals surface area contributed by atoms with Gasteiger partial charge in [-0.3, -0.25) is 4.79 Å². The average Bonchev–Trinajstić information content (AvgIpc) is 2.37. The quantitative estimate of drug-likeness (QED) is 0.478. The van der Waals surface area contributed by atoms with Crippen LogP contribution in [0.25, 0.3) is 0 Å². The first-order valence-corrected chi connectivity index (χ1v) is 8.07. The molecule has 0 radical (unpaired) electrons. The summed E-state index contributed by atoms with van der Waals surface area (Å²) in [5.74, 6) is -0.670. The van der Waals surface area contributed by atoms with Gasteiger partial charge in [-0.05, 0) is 39.4 Å². The fourth-order valence-electron chi connectivity index (χ4n) is 2.29. The lowest BCUT2D eigenvalue weighted by atomic mass is 10.1. The first-order valence-electron chi connectivity index (χ1n) is 8.07. The van der Waals surface area contributed by atoms with Gasteiger partial charge in [-0.2, -0.15) is 0 Å². The molecule has 114 valence electrons. The van der Waals surface area contributed by atoms with E-state index in [0.29, 0.717) is 6.42 Å². The first kappa shape index (κ1) is 18.4. The third kappa shape index (κ3) is 15.4. The second-order valence-corrected chi connectivity index (χ2v) is 5.63. The number of aliphatic carboxylic acids is 1. The highest BCUT2D eigenvalue weighted by atomic mass is 16.4. The van der Waals surface area contributed by atoms with Crippen molar-refractivity contribution in [1.82, 2.24) is 4.90 Å². The zero-order valence-corrected chi connectivity index (χ0v) is 13.0. The van der Waals surface area contributed by atoms with Crippen LogP contribution in [0.3, 0.4) is 0 Å². The first-order chi connectivity index (χ1) is 9.16. The molecular weight excluding hydrogens is 238 g/mol. The van der Waals surface area contributed by atoms with E-state index in [1.54, 1.807) is 0 Å². The second kappa shape index (κ2) is 13.9. The minimum atomic E-state index is -0.670. The molecule has 0 unspecified atom stereocenters. The molecule has 0 heterocycles. The normalized spacial score (nSPS) is 11.1. The van der Waals surface area contributed by atoms with Gasteiger partial charge in [0.1, 0.15) is 0 Å². The minimum Gasteiger partial charge on any atom is -0.481 e. The van der Waals surface area contributed by atoms with Gasteiger partial charge in [0.2, 0.25) is 0 Å². The van der Waals surface area contributed by atoms with Gasteiger partial charge in [-0.1, -0.05) is 51.9 Å². The Morgan fingerprint density at radius 2 is 1.32 bits per heavy atom. The molecule has 0 atom stereocenters. The van der Waals surface area contributed by atoms with Crippen LogP contribution >= 0.6 is 0 Å². The third-order valence-corrected chi connectivity index (χ3v) is 3.57. The van der Waals surface area contributed by atoms with Crippen molar-refractivity contribution >= 4 is 5.97 Å². The molecule has 0 saturated heterocycles. The molecule has 0 spiro atoms. The lowest BCUT2D eigenvalue weighted by molar-refractivity contribution is -0.137. The fraction of sp³-hybridized carbons (Fsp3) is 0.938. The summed E-state index contributed by atoms with van der Waals surface area (Å²) in [5.41, 5.74) is 0. The summed E-state index contributed by atoms with van der Waals surface area (Å²) >= 11 is 0. The van der Waals surface area contributed by atoms with Crippen LogP contribution < -0.4 is 0 Å². The number of carboxylic acid groups (broad SMARTS) is 1. The zero-order chi connectivity index (χ0) is 14.3. The molecular formula is C16H33NO2. The summed E-state index contributed by atoms with van der Waals surface area (Å²) in [6.45, 7) is 4.55. The van der Waals surface area contributed by atoms with Crippen molar-refractivity contribution in [2.45, 2.75) is 77.6 Å². The molecule has 0 fully saturated rings. The summed E-state index contributed by atoms with van der Waals surface area (Å²) in [5, 5.41) is 8.53. The van der Waals surface area contributed by atoms with E-state index in [1.165, 1.54) is 51.5 Å². The summed E-state index contributed by atoms with van der Waals surface area (Å²) in [7, 11) is 2.17. The van der Waals surface area contributed by atoms with Crippen molar-refractivity contribution in [3.8, 4) is 0 Å². The summed E-state index contributed by atoms with van der Waals surface area (Å²) < 4.78 is 0. The summed E-state index contributed by atoms with van der Waals surface area (Å²) in [4.78, 5) is 12.7. The van der Waals surface area contributed by atoms with Gasteiger partial charge in [0, 0.05) is 6.42 Å². The zero-order valence-electron chi connectivity index (χ0n) is 13.0. The molecule has 0 aromatic rings. The van der Waals surface area contributed by atoms with Crippen LogP contribution in [0.1, 0.15) is 77.6 Å². The molecule has 0 aromatic heterocycles. The highest BCUT2D eigenvalue weighted by Crippen LogP contribution is 2.07. The molecule has 0 rings (SSSR count). The molecule has 0 aromatic carbocycles. The number of rotatable bonds is 14. The van der Waals surface area contributed by atoms with Crippen LogP contribution in [0.2, 0.25) is 0 Å². The minimum absolute atomic E-state index is 0.321. The lowest BCUT2D eigenvalue weighted by Crippen LogP contribution is -2.20. The van der Waals surface area contributed by atoms with Gasteiger partial charge >= 0.3 is 5.97 Å². The second-order valence-electron chi connectivity index (χ2n) is 5.63. The van der Waals surface area contributed by atoms with Crippen LogP contribution in [0, 0.1) is 0 Å². The molecule has 0 aliphatic carbocycles. The van der Waals surface area contributed by atoms with Crippen molar-refractivity contribution < 1.29 is 9.90 Å². The van der Waals surface area contributed by atoms with Gasteiger partial charge in [0.15, 0.2) is 0 Å². The van der Waals surface area contributed by atoms with Crippen molar-refractivity contribution in [3.63, 3.8) is 0 Å². The maximum absolute atomic E-state index is 10.4. The summed E-state index contributed by atoms with van der Waals surface area (Å²) in [6, 6.07) is 0. The smallest absolute Gasteiger partial charge is 0.303 e. The molecule has 3 heteroatoms. The molecule has 3 nitrogen and oxygen atoms in total. The standard InChI is InChI=1S/C16H33NO2/c1-3-4-5-6-7-8-11-14-17(2)15-12-9-10-13-16(18)19/h3-15H2,1-2H3,(H,18,19). The van der Waals surface area contributed by atoms with Gasteiger partial charge in [-0.15, -0.1) is 0 Å². The van der Waals surface area contributed by atoms with Crippen LogP contribution in [-0.4, -0.2) is 36.1 Å². The van der Waals surface area contributed by atoms with Crippen molar-refractivity contribution in [1.29, 1.82) is 0 Å². The van der Waals surface area contributed by atoms with E-state index in [9.17, 15) is 4.79 Å². The van der Waals surface area contributed by atoms with Gasteiger partial charge in [0.05, 0.1) is 0 Å².